The minimum atomic E-state index is -0.358. The van der Waals surface area contributed by atoms with Crippen molar-refractivity contribution in [2.24, 2.45) is 11.7 Å². The van der Waals surface area contributed by atoms with Crippen molar-refractivity contribution in [3.05, 3.63) is 0 Å². The molecule has 0 aromatic carbocycles. The Morgan fingerprint density at radius 1 is 1.53 bits per heavy atom. The Balaban J connectivity index is 2.10. The molecule has 1 aliphatic heterocycles. The van der Waals surface area contributed by atoms with Crippen LogP contribution in [0.15, 0.2) is 0 Å². The average molecular weight is 244 g/mol. The van der Waals surface area contributed by atoms with Gasteiger partial charge in [0.15, 0.2) is 0 Å². The summed E-state index contributed by atoms with van der Waals surface area (Å²) < 4.78 is 5.43. The van der Waals surface area contributed by atoms with Gasteiger partial charge in [0.25, 0.3) is 0 Å². The Morgan fingerprint density at radius 2 is 2.35 bits per heavy atom. The number of aliphatic hydroxyl groups is 1. The van der Waals surface area contributed by atoms with E-state index in [1.54, 1.807) is 0 Å². The van der Waals surface area contributed by atoms with Gasteiger partial charge >= 0.3 is 0 Å². The normalized spacial score (nSPS) is 23.8. The van der Waals surface area contributed by atoms with Gasteiger partial charge in [-0.15, -0.1) is 0 Å². The summed E-state index contributed by atoms with van der Waals surface area (Å²) in [7, 11) is 0. The summed E-state index contributed by atoms with van der Waals surface area (Å²) in [4.78, 5) is 2.31. The molecule has 0 aromatic rings. The van der Waals surface area contributed by atoms with Gasteiger partial charge in [0.2, 0.25) is 0 Å². The van der Waals surface area contributed by atoms with Gasteiger partial charge in [0.05, 0.1) is 12.7 Å². The number of likely N-dealkylation sites (tertiary alicyclic amines) is 1. The topological polar surface area (TPSA) is 58.7 Å². The standard InChI is InChI=1S/C13H28N2O2/c1-2-3-7-17-11-13(16)10-15-6-4-5-12(8-14)9-15/h12-13,16H,2-11,14H2,1H3. The van der Waals surface area contributed by atoms with Gasteiger partial charge in [-0.2, -0.15) is 0 Å². The van der Waals surface area contributed by atoms with E-state index in [2.05, 4.69) is 11.8 Å². The smallest absolute Gasteiger partial charge is 0.0900 e. The molecular formula is C13H28N2O2. The van der Waals surface area contributed by atoms with Crippen LogP contribution in [0.4, 0.5) is 0 Å². The number of piperidine rings is 1. The van der Waals surface area contributed by atoms with Crippen molar-refractivity contribution in [2.75, 3.05) is 39.4 Å². The first-order valence-electron chi connectivity index (χ1n) is 6.94. The average Bonchev–Trinajstić information content (AvgIpc) is 2.35. The fourth-order valence-corrected chi connectivity index (χ4v) is 2.33. The summed E-state index contributed by atoms with van der Waals surface area (Å²) in [6.45, 7) is 6.97. The number of aliphatic hydroxyl groups excluding tert-OH is 1. The maximum Gasteiger partial charge on any atom is 0.0900 e. The summed E-state index contributed by atoms with van der Waals surface area (Å²) >= 11 is 0. The maximum atomic E-state index is 9.86. The van der Waals surface area contributed by atoms with Gasteiger partial charge in [-0.25, -0.2) is 0 Å². The monoisotopic (exact) mass is 244 g/mol. The molecule has 1 rings (SSSR count). The van der Waals surface area contributed by atoms with Gasteiger partial charge < -0.3 is 20.5 Å². The highest BCUT2D eigenvalue weighted by atomic mass is 16.5. The molecule has 0 bridgehead atoms. The van der Waals surface area contributed by atoms with Crippen molar-refractivity contribution >= 4 is 0 Å². The highest BCUT2D eigenvalue weighted by Gasteiger charge is 2.20. The molecule has 1 aliphatic rings. The summed E-state index contributed by atoms with van der Waals surface area (Å²) in [5.74, 6) is 0.608. The van der Waals surface area contributed by atoms with Crippen LogP contribution in [-0.2, 0) is 4.74 Å². The number of hydrogen-bond donors (Lipinski definition) is 2. The number of nitrogens with zero attached hydrogens (tertiary/aromatic N) is 1. The molecule has 3 N–H and O–H groups in total. The fraction of sp³-hybridized carbons (Fsp3) is 1.00. The second-order valence-electron chi connectivity index (χ2n) is 5.09. The number of β-amino-alcohol motifs (C(OH)–C–C–N with tert-alkyl or cyclic N) is 1. The maximum absolute atomic E-state index is 9.86. The van der Waals surface area contributed by atoms with E-state index < -0.39 is 0 Å². The summed E-state index contributed by atoms with van der Waals surface area (Å²) in [6.07, 6.45) is 4.29. The van der Waals surface area contributed by atoms with Crippen molar-refractivity contribution in [3.8, 4) is 0 Å². The predicted octanol–water partition coefficient (Wildman–Crippen LogP) is 0.835. The highest BCUT2D eigenvalue weighted by molar-refractivity contribution is 4.75. The molecular weight excluding hydrogens is 216 g/mol. The molecule has 0 aliphatic carbocycles. The molecule has 1 heterocycles. The van der Waals surface area contributed by atoms with Gasteiger partial charge in [-0.05, 0) is 38.3 Å². The van der Waals surface area contributed by atoms with E-state index in [-0.39, 0.29) is 6.10 Å². The van der Waals surface area contributed by atoms with Gasteiger partial charge in [-0.3, -0.25) is 0 Å². The molecule has 2 unspecified atom stereocenters. The second kappa shape index (κ2) is 8.86. The minimum Gasteiger partial charge on any atom is -0.389 e. The number of nitrogens with two attached hydrogens (primary N) is 1. The zero-order chi connectivity index (χ0) is 12.5. The lowest BCUT2D eigenvalue weighted by Gasteiger charge is -2.33. The molecule has 0 spiro atoms. The number of rotatable bonds is 8. The molecule has 102 valence electrons. The Morgan fingerprint density at radius 3 is 3.06 bits per heavy atom. The van der Waals surface area contributed by atoms with E-state index in [0.29, 0.717) is 12.5 Å². The number of ether oxygens (including phenoxy) is 1. The van der Waals surface area contributed by atoms with Gasteiger partial charge in [0.1, 0.15) is 0 Å². The molecule has 4 heteroatoms. The molecule has 1 fully saturated rings. The number of hydrogen-bond acceptors (Lipinski definition) is 4. The van der Waals surface area contributed by atoms with Crippen LogP contribution in [0.3, 0.4) is 0 Å². The third kappa shape index (κ3) is 6.36. The predicted molar refractivity (Wildman–Crippen MR) is 70.0 cm³/mol. The van der Waals surface area contributed by atoms with E-state index in [9.17, 15) is 5.11 Å². The Hall–Kier alpha value is -0.160. The zero-order valence-electron chi connectivity index (χ0n) is 11.1. The van der Waals surface area contributed by atoms with Gasteiger partial charge in [0, 0.05) is 19.7 Å². The van der Waals surface area contributed by atoms with Crippen LogP contribution in [0.2, 0.25) is 0 Å². The van der Waals surface area contributed by atoms with Crippen LogP contribution >= 0.6 is 0 Å². The Bertz CT molecular complexity index is 190. The number of unbranched alkanes of at least 4 members (excludes halogenated alkanes) is 1. The minimum absolute atomic E-state index is 0.358. The third-order valence-electron chi connectivity index (χ3n) is 3.36. The van der Waals surface area contributed by atoms with Crippen molar-refractivity contribution in [3.63, 3.8) is 0 Å². The molecule has 2 atom stereocenters. The molecule has 4 nitrogen and oxygen atoms in total. The summed E-state index contributed by atoms with van der Waals surface area (Å²) in [5.41, 5.74) is 5.70. The van der Waals surface area contributed by atoms with Gasteiger partial charge in [-0.1, -0.05) is 13.3 Å². The molecule has 17 heavy (non-hydrogen) atoms. The molecule has 0 radical (unpaired) electrons. The lowest BCUT2D eigenvalue weighted by atomic mass is 9.98. The zero-order valence-corrected chi connectivity index (χ0v) is 11.1. The fourth-order valence-electron chi connectivity index (χ4n) is 2.33. The molecule has 1 saturated heterocycles. The van der Waals surface area contributed by atoms with E-state index >= 15 is 0 Å². The largest absolute Gasteiger partial charge is 0.389 e. The molecule has 0 aromatic heterocycles. The van der Waals surface area contributed by atoms with Crippen molar-refractivity contribution in [2.45, 2.75) is 38.7 Å². The van der Waals surface area contributed by atoms with E-state index in [4.69, 9.17) is 10.5 Å². The van der Waals surface area contributed by atoms with Crippen LogP contribution in [0.5, 0.6) is 0 Å². The van der Waals surface area contributed by atoms with Crippen molar-refractivity contribution < 1.29 is 9.84 Å². The second-order valence-corrected chi connectivity index (χ2v) is 5.09. The first-order valence-corrected chi connectivity index (χ1v) is 6.94. The van der Waals surface area contributed by atoms with Crippen LogP contribution in [0.25, 0.3) is 0 Å². The molecule has 0 saturated carbocycles. The Kier molecular flexibility index (Phi) is 7.77. The van der Waals surface area contributed by atoms with Crippen molar-refractivity contribution in [1.29, 1.82) is 0 Å². The SMILES string of the molecule is CCCCOCC(O)CN1CCCC(CN)C1. The van der Waals surface area contributed by atoms with Crippen LogP contribution in [-0.4, -0.2) is 55.5 Å². The summed E-state index contributed by atoms with van der Waals surface area (Å²) in [6, 6.07) is 0. The lowest BCUT2D eigenvalue weighted by molar-refractivity contribution is 0.00873. The van der Waals surface area contributed by atoms with E-state index in [0.717, 1.165) is 45.6 Å². The highest BCUT2D eigenvalue weighted by Crippen LogP contribution is 2.15. The van der Waals surface area contributed by atoms with E-state index in [1.807, 2.05) is 0 Å². The first-order chi connectivity index (χ1) is 8.26. The Labute approximate surface area is 105 Å². The van der Waals surface area contributed by atoms with Crippen LogP contribution in [0.1, 0.15) is 32.6 Å². The molecule has 0 amide bonds. The van der Waals surface area contributed by atoms with Crippen molar-refractivity contribution in [1.82, 2.24) is 4.90 Å². The van der Waals surface area contributed by atoms with Crippen LogP contribution in [0, 0.1) is 5.92 Å². The quantitative estimate of drug-likeness (QED) is 0.621. The first kappa shape index (κ1) is 14.9. The summed E-state index contributed by atoms with van der Waals surface area (Å²) in [5, 5.41) is 9.86. The van der Waals surface area contributed by atoms with Crippen LogP contribution < -0.4 is 5.73 Å². The van der Waals surface area contributed by atoms with E-state index in [1.165, 1.54) is 12.8 Å². The lowest BCUT2D eigenvalue weighted by Crippen LogP contribution is -2.43. The third-order valence-corrected chi connectivity index (χ3v) is 3.36.